The van der Waals surface area contributed by atoms with E-state index in [9.17, 15) is 4.79 Å². The van der Waals surface area contributed by atoms with E-state index in [4.69, 9.17) is 21.4 Å². The molecule has 20 heavy (non-hydrogen) atoms. The van der Waals surface area contributed by atoms with E-state index in [0.29, 0.717) is 23.4 Å². The molecule has 1 aromatic carbocycles. The van der Waals surface area contributed by atoms with Crippen molar-refractivity contribution in [2.24, 2.45) is 0 Å². The molecule has 1 unspecified atom stereocenters. The molecule has 7 heteroatoms. The van der Waals surface area contributed by atoms with Crippen molar-refractivity contribution in [3.8, 4) is 0 Å². The fourth-order valence-corrected chi connectivity index (χ4v) is 3.32. The van der Waals surface area contributed by atoms with E-state index < -0.39 is 5.97 Å². The fraction of sp³-hybridized carbons (Fsp3) is 0.385. The van der Waals surface area contributed by atoms with E-state index in [1.165, 1.54) is 11.8 Å². The number of nitrogens with zero attached hydrogens (tertiary/aromatic N) is 2. The Bertz CT molecular complexity index is 652. The Balaban J connectivity index is 2.06. The number of fused-ring (bicyclic) bond motifs is 1. The predicted molar refractivity (Wildman–Crippen MR) is 77.6 cm³/mol. The first-order valence-corrected chi connectivity index (χ1v) is 7.61. The highest BCUT2D eigenvalue weighted by molar-refractivity contribution is 7.99. The quantitative estimate of drug-likeness (QED) is 0.879. The van der Waals surface area contributed by atoms with Crippen LogP contribution in [0.5, 0.6) is 0 Å². The third-order valence-electron chi connectivity index (χ3n) is 3.21. The van der Waals surface area contributed by atoms with Crippen molar-refractivity contribution in [2.45, 2.75) is 17.6 Å². The molecule has 2 aromatic rings. The molecule has 1 aliphatic rings. The molecule has 2 heterocycles. The smallest absolute Gasteiger partial charge is 0.313 e. The van der Waals surface area contributed by atoms with Gasteiger partial charge < -0.3 is 14.4 Å². The van der Waals surface area contributed by atoms with Crippen LogP contribution in [0.3, 0.4) is 0 Å². The molecule has 1 saturated heterocycles. The highest BCUT2D eigenvalue weighted by Gasteiger charge is 2.24. The number of aliphatic carboxylic acids is 1. The van der Waals surface area contributed by atoms with Crippen LogP contribution < -0.4 is 0 Å². The lowest BCUT2D eigenvalue weighted by molar-refractivity contribution is -0.133. The third kappa shape index (κ3) is 2.63. The molecule has 0 saturated carbocycles. The summed E-state index contributed by atoms with van der Waals surface area (Å²) in [5, 5.41) is 10.2. The Hall–Kier alpha value is -1.24. The number of ether oxygens (including phenoxy) is 1. The zero-order chi connectivity index (χ0) is 14.1. The van der Waals surface area contributed by atoms with Crippen LogP contribution in [0.15, 0.2) is 23.4 Å². The topological polar surface area (TPSA) is 64.3 Å². The molecule has 0 amide bonds. The van der Waals surface area contributed by atoms with E-state index in [2.05, 4.69) is 9.55 Å². The molecule has 0 spiro atoms. The number of carboxylic acid groups (broad SMARTS) is 1. The van der Waals surface area contributed by atoms with Gasteiger partial charge in [-0.1, -0.05) is 23.4 Å². The third-order valence-corrected chi connectivity index (χ3v) is 4.39. The first-order valence-electron chi connectivity index (χ1n) is 6.25. The monoisotopic (exact) mass is 312 g/mol. The molecule has 1 atom stereocenters. The van der Waals surface area contributed by atoms with Gasteiger partial charge in [-0.15, -0.1) is 0 Å². The number of aromatic nitrogens is 2. The zero-order valence-electron chi connectivity index (χ0n) is 10.6. The lowest BCUT2D eigenvalue weighted by Crippen LogP contribution is -2.10. The normalized spacial score (nSPS) is 18.8. The van der Waals surface area contributed by atoms with Gasteiger partial charge >= 0.3 is 5.97 Å². The molecule has 5 nitrogen and oxygen atoms in total. The number of hydrogen-bond acceptors (Lipinski definition) is 4. The number of benzene rings is 1. The Labute approximate surface area is 124 Å². The number of hydrogen-bond donors (Lipinski definition) is 1. The van der Waals surface area contributed by atoms with Gasteiger partial charge in [0.25, 0.3) is 0 Å². The van der Waals surface area contributed by atoms with Gasteiger partial charge in [-0.3, -0.25) is 4.79 Å². The largest absolute Gasteiger partial charge is 0.481 e. The molecule has 1 aliphatic heterocycles. The maximum Gasteiger partial charge on any atom is 0.313 e. The summed E-state index contributed by atoms with van der Waals surface area (Å²) in [5.74, 6) is -0.862. The molecule has 3 rings (SSSR count). The Morgan fingerprint density at radius 3 is 3.15 bits per heavy atom. The van der Waals surface area contributed by atoms with Gasteiger partial charge in [0.05, 0.1) is 29.4 Å². The van der Waals surface area contributed by atoms with Crippen LogP contribution in [0.25, 0.3) is 11.0 Å². The molecule has 1 fully saturated rings. The molecule has 1 aromatic heterocycles. The van der Waals surface area contributed by atoms with Gasteiger partial charge in [-0.05, 0) is 24.6 Å². The van der Waals surface area contributed by atoms with Crippen molar-refractivity contribution >= 4 is 40.4 Å². The van der Waals surface area contributed by atoms with Gasteiger partial charge in [0.15, 0.2) is 5.16 Å². The van der Waals surface area contributed by atoms with Gasteiger partial charge in [0.1, 0.15) is 0 Å². The molecule has 106 valence electrons. The second kappa shape index (κ2) is 5.63. The van der Waals surface area contributed by atoms with Crippen LogP contribution in [-0.4, -0.2) is 39.6 Å². The van der Waals surface area contributed by atoms with Gasteiger partial charge in [-0.2, -0.15) is 0 Å². The first-order chi connectivity index (χ1) is 9.65. The van der Waals surface area contributed by atoms with Crippen LogP contribution in [-0.2, 0) is 9.53 Å². The van der Waals surface area contributed by atoms with E-state index >= 15 is 0 Å². The predicted octanol–water partition coefficient (Wildman–Crippen LogP) is 2.83. The summed E-state index contributed by atoms with van der Waals surface area (Å²) >= 11 is 7.29. The number of rotatable bonds is 4. The van der Waals surface area contributed by atoms with E-state index in [-0.39, 0.29) is 11.8 Å². The minimum Gasteiger partial charge on any atom is -0.481 e. The van der Waals surface area contributed by atoms with Crippen LogP contribution in [0.1, 0.15) is 12.5 Å². The number of imidazole rings is 1. The fourth-order valence-electron chi connectivity index (χ4n) is 2.35. The molecule has 0 radical (unpaired) electrons. The number of carbonyl (C=O) groups is 1. The minimum absolute atomic E-state index is 0.00929. The second-order valence-corrected chi connectivity index (χ2v) is 5.98. The summed E-state index contributed by atoms with van der Waals surface area (Å²) in [4.78, 5) is 15.3. The van der Waals surface area contributed by atoms with Crippen molar-refractivity contribution in [3.63, 3.8) is 0 Å². The van der Waals surface area contributed by atoms with Crippen molar-refractivity contribution in [1.29, 1.82) is 0 Å². The van der Waals surface area contributed by atoms with Crippen molar-refractivity contribution in [3.05, 3.63) is 23.2 Å². The highest BCUT2D eigenvalue weighted by Crippen LogP contribution is 2.32. The summed E-state index contributed by atoms with van der Waals surface area (Å²) in [7, 11) is 0. The van der Waals surface area contributed by atoms with Crippen LogP contribution >= 0.6 is 23.4 Å². The Morgan fingerprint density at radius 2 is 2.45 bits per heavy atom. The highest BCUT2D eigenvalue weighted by atomic mass is 35.5. The molecular weight excluding hydrogens is 300 g/mol. The van der Waals surface area contributed by atoms with Gasteiger partial charge in [0.2, 0.25) is 0 Å². The Morgan fingerprint density at radius 1 is 1.60 bits per heavy atom. The number of thioether (sulfide) groups is 1. The lowest BCUT2D eigenvalue weighted by Gasteiger charge is -2.14. The maximum absolute atomic E-state index is 10.8. The molecule has 0 aliphatic carbocycles. The average molecular weight is 313 g/mol. The minimum atomic E-state index is -0.852. The van der Waals surface area contributed by atoms with Crippen LogP contribution in [0, 0.1) is 0 Å². The summed E-state index contributed by atoms with van der Waals surface area (Å²) in [6, 6.07) is 5.70. The van der Waals surface area contributed by atoms with Gasteiger partial charge in [0, 0.05) is 11.6 Å². The lowest BCUT2D eigenvalue weighted by atomic mass is 10.2. The molecule has 1 N–H and O–H groups in total. The second-order valence-electron chi connectivity index (χ2n) is 4.60. The summed E-state index contributed by atoms with van der Waals surface area (Å²) in [6.45, 7) is 1.34. The first kappa shape index (κ1) is 13.7. The van der Waals surface area contributed by atoms with Gasteiger partial charge in [-0.25, -0.2) is 4.98 Å². The van der Waals surface area contributed by atoms with Crippen LogP contribution in [0.4, 0.5) is 0 Å². The summed E-state index contributed by atoms with van der Waals surface area (Å²) < 4.78 is 7.49. The van der Waals surface area contributed by atoms with Crippen LogP contribution in [0.2, 0.25) is 5.02 Å². The number of halogens is 1. The zero-order valence-corrected chi connectivity index (χ0v) is 12.2. The van der Waals surface area contributed by atoms with Crippen molar-refractivity contribution in [2.75, 3.05) is 19.0 Å². The van der Waals surface area contributed by atoms with Crippen molar-refractivity contribution in [1.82, 2.24) is 9.55 Å². The SMILES string of the molecule is O=C(O)CSc1nc2ccc(Cl)cc2n1C1CCOC1. The van der Waals surface area contributed by atoms with E-state index in [1.54, 1.807) is 6.07 Å². The number of carboxylic acids is 1. The molecular formula is C13H13ClN2O3S. The summed E-state index contributed by atoms with van der Waals surface area (Å²) in [6.07, 6.45) is 0.901. The summed E-state index contributed by atoms with van der Waals surface area (Å²) in [5.41, 5.74) is 1.76. The standard InChI is InChI=1S/C13H13ClN2O3S/c14-8-1-2-10-11(5-8)16(9-3-4-19-6-9)13(15-10)20-7-12(17)18/h1-2,5,9H,3-4,6-7H2,(H,17,18). The van der Waals surface area contributed by atoms with E-state index in [0.717, 1.165) is 17.5 Å². The average Bonchev–Trinajstić information content (AvgIpc) is 3.02. The molecule has 0 bridgehead atoms. The maximum atomic E-state index is 10.8. The Kier molecular flexibility index (Phi) is 3.87. The van der Waals surface area contributed by atoms with Crippen molar-refractivity contribution < 1.29 is 14.6 Å². The van der Waals surface area contributed by atoms with E-state index in [1.807, 2.05) is 12.1 Å².